The minimum Gasteiger partial charge on any atom is -0.368 e. The molecule has 7 nitrogen and oxygen atoms in total. The van der Waals surface area contributed by atoms with Gasteiger partial charge < -0.3 is 10.6 Å². The SMILES string of the molecule is CC(=O)NCCNc1cc(Cl)nc2ncnn12. The van der Waals surface area contributed by atoms with Gasteiger partial charge in [-0.15, -0.1) is 0 Å². The smallest absolute Gasteiger partial charge is 0.255 e. The van der Waals surface area contributed by atoms with Crippen molar-refractivity contribution in [2.75, 3.05) is 18.4 Å². The van der Waals surface area contributed by atoms with Crippen LogP contribution in [0.1, 0.15) is 6.92 Å². The summed E-state index contributed by atoms with van der Waals surface area (Å²) in [5.74, 6) is 1.05. The maximum Gasteiger partial charge on any atom is 0.255 e. The van der Waals surface area contributed by atoms with Gasteiger partial charge in [-0.25, -0.2) is 0 Å². The minimum atomic E-state index is -0.0644. The lowest BCUT2D eigenvalue weighted by molar-refractivity contribution is -0.118. The second kappa shape index (κ2) is 4.96. The van der Waals surface area contributed by atoms with Crippen LogP contribution in [0.5, 0.6) is 0 Å². The molecule has 2 N–H and O–H groups in total. The number of carbonyl (C=O) groups is 1. The number of fused-ring (bicyclic) bond motifs is 1. The molecule has 1 amide bonds. The van der Waals surface area contributed by atoms with E-state index >= 15 is 0 Å². The Balaban J connectivity index is 2.07. The zero-order valence-electron chi connectivity index (χ0n) is 9.14. The second-order valence-electron chi connectivity index (χ2n) is 3.35. The first kappa shape index (κ1) is 11.6. The van der Waals surface area contributed by atoms with Crippen LogP contribution in [0.2, 0.25) is 5.15 Å². The van der Waals surface area contributed by atoms with Gasteiger partial charge >= 0.3 is 0 Å². The Hall–Kier alpha value is -1.89. The molecule has 2 rings (SSSR count). The molecule has 0 aliphatic carbocycles. The molecular formula is C9H11ClN6O. The quantitative estimate of drug-likeness (QED) is 0.607. The van der Waals surface area contributed by atoms with E-state index in [4.69, 9.17) is 11.6 Å². The summed E-state index contributed by atoms with van der Waals surface area (Å²) < 4.78 is 1.54. The van der Waals surface area contributed by atoms with Crippen LogP contribution in [-0.4, -0.2) is 38.6 Å². The zero-order valence-corrected chi connectivity index (χ0v) is 9.90. The Morgan fingerprint density at radius 2 is 2.35 bits per heavy atom. The van der Waals surface area contributed by atoms with Crippen LogP contribution in [-0.2, 0) is 4.79 Å². The van der Waals surface area contributed by atoms with E-state index in [1.807, 2.05) is 0 Å². The largest absolute Gasteiger partial charge is 0.368 e. The molecule has 2 heterocycles. The highest BCUT2D eigenvalue weighted by atomic mass is 35.5. The normalized spacial score (nSPS) is 10.5. The van der Waals surface area contributed by atoms with Gasteiger partial charge in [-0.1, -0.05) is 11.6 Å². The first-order valence-corrected chi connectivity index (χ1v) is 5.39. The first-order chi connectivity index (χ1) is 8.16. The van der Waals surface area contributed by atoms with Crippen LogP contribution in [0.25, 0.3) is 5.78 Å². The number of halogens is 1. The zero-order chi connectivity index (χ0) is 12.3. The fourth-order valence-corrected chi connectivity index (χ4v) is 1.52. The fraction of sp³-hybridized carbons (Fsp3) is 0.333. The molecular weight excluding hydrogens is 244 g/mol. The molecule has 0 unspecified atom stereocenters. The third-order valence-corrected chi connectivity index (χ3v) is 2.22. The molecule has 2 aromatic rings. The van der Waals surface area contributed by atoms with Crippen molar-refractivity contribution in [2.45, 2.75) is 6.92 Å². The summed E-state index contributed by atoms with van der Waals surface area (Å²) in [6.07, 6.45) is 1.40. The van der Waals surface area contributed by atoms with Crippen molar-refractivity contribution in [3.05, 3.63) is 17.5 Å². The van der Waals surface area contributed by atoms with Gasteiger partial charge in [-0.2, -0.15) is 19.6 Å². The van der Waals surface area contributed by atoms with E-state index in [9.17, 15) is 4.79 Å². The number of aromatic nitrogens is 4. The molecule has 8 heteroatoms. The number of rotatable bonds is 4. The predicted molar refractivity (Wildman–Crippen MR) is 63.0 cm³/mol. The topological polar surface area (TPSA) is 84.2 Å². The van der Waals surface area contributed by atoms with Gasteiger partial charge in [0.1, 0.15) is 17.3 Å². The summed E-state index contributed by atoms with van der Waals surface area (Å²) in [5, 5.41) is 10.1. The number of hydrogen-bond acceptors (Lipinski definition) is 5. The fourth-order valence-electron chi connectivity index (χ4n) is 1.34. The van der Waals surface area contributed by atoms with Crippen LogP contribution in [0.4, 0.5) is 5.82 Å². The Kier molecular flexibility index (Phi) is 3.38. The van der Waals surface area contributed by atoms with Crippen molar-refractivity contribution in [1.82, 2.24) is 24.9 Å². The molecule has 0 saturated heterocycles. The number of anilines is 1. The minimum absolute atomic E-state index is 0.0644. The van der Waals surface area contributed by atoms with Crippen LogP contribution in [0, 0.1) is 0 Å². The van der Waals surface area contributed by atoms with E-state index in [1.165, 1.54) is 13.3 Å². The second-order valence-corrected chi connectivity index (χ2v) is 3.73. The lowest BCUT2D eigenvalue weighted by Crippen LogP contribution is -2.26. The maximum atomic E-state index is 10.7. The summed E-state index contributed by atoms with van der Waals surface area (Å²) in [7, 11) is 0. The van der Waals surface area contributed by atoms with E-state index in [2.05, 4.69) is 25.7 Å². The Morgan fingerprint density at radius 1 is 1.53 bits per heavy atom. The molecule has 0 fully saturated rings. The Labute approximate surface area is 102 Å². The molecule has 90 valence electrons. The van der Waals surface area contributed by atoms with Gasteiger partial charge in [0.05, 0.1) is 0 Å². The molecule has 17 heavy (non-hydrogen) atoms. The van der Waals surface area contributed by atoms with Crippen molar-refractivity contribution in [2.24, 2.45) is 0 Å². The summed E-state index contributed by atoms with van der Waals surface area (Å²) in [4.78, 5) is 18.6. The molecule has 0 saturated carbocycles. The first-order valence-electron chi connectivity index (χ1n) is 5.01. The molecule has 0 bridgehead atoms. The van der Waals surface area contributed by atoms with Crippen LogP contribution < -0.4 is 10.6 Å². The third kappa shape index (κ3) is 2.82. The molecule has 2 aromatic heterocycles. The van der Waals surface area contributed by atoms with Crippen molar-refractivity contribution < 1.29 is 4.79 Å². The Morgan fingerprint density at radius 3 is 3.12 bits per heavy atom. The lowest BCUT2D eigenvalue weighted by Gasteiger charge is -2.08. The number of hydrogen-bond donors (Lipinski definition) is 2. The van der Waals surface area contributed by atoms with E-state index in [-0.39, 0.29) is 5.91 Å². The van der Waals surface area contributed by atoms with Gasteiger partial charge in [0.2, 0.25) is 5.91 Å². The van der Waals surface area contributed by atoms with Gasteiger partial charge in [0.25, 0.3) is 5.78 Å². The number of nitrogens with zero attached hydrogens (tertiary/aromatic N) is 4. The maximum absolute atomic E-state index is 10.7. The van der Waals surface area contributed by atoms with Gasteiger partial charge in [-0.05, 0) is 0 Å². The van der Waals surface area contributed by atoms with Crippen molar-refractivity contribution in [3.8, 4) is 0 Å². The summed E-state index contributed by atoms with van der Waals surface area (Å²) in [5.41, 5.74) is 0. The molecule has 0 aliphatic heterocycles. The lowest BCUT2D eigenvalue weighted by atomic mass is 10.5. The highest BCUT2D eigenvalue weighted by molar-refractivity contribution is 6.29. The molecule has 0 radical (unpaired) electrons. The number of nitrogens with one attached hydrogen (secondary N) is 2. The van der Waals surface area contributed by atoms with Gasteiger partial charge in [-0.3, -0.25) is 4.79 Å². The van der Waals surface area contributed by atoms with Crippen molar-refractivity contribution in [3.63, 3.8) is 0 Å². The molecule has 0 atom stereocenters. The predicted octanol–water partition coefficient (Wildman–Crippen LogP) is 0.326. The van der Waals surface area contributed by atoms with Gasteiger partial charge in [0.15, 0.2) is 0 Å². The highest BCUT2D eigenvalue weighted by Crippen LogP contribution is 2.13. The van der Waals surface area contributed by atoms with Crippen molar-refractivity contribution in [1.29, 1.82) is 0 Å². The van der Waals surface area contributed by atoms with Crippen LogP contribution in [0.15, 0.2) is 12.4 Å². The van der Waals surface area contributed by atoms with Crippen LogP contribution in [0.3, 0.4) is 0 Å². The van der Waals surface area contributed by atoms with E-state index in [0.29, 0.717) is 29.8 Å². The molecule has 0 spiro atoms. The summed E-state index contributed by atoms with van der Waals surface area (Å²) >= 11 is 5.84. The van der Waals surface area contributed by atoms with Crippen LogP contribution >= 0.6 is 11.6 Å². The Bertz CT molecular complexity index is 539. The summed E-state index contributed by atoms with van der Waals surface area (Å²) in [6.45, 7) is 2.55. The molecule has 0 aromatic carbocycles. The molecule has 0 aliphatic rings. The van der Waals surface area contributed by atoms with E-state index in [1.54, 1.807) is 10.6 Å². The standard InChI is InChI=1S/C9H11ClN6O/c1-6(17)11-2-3-12-8-4-7(10)15-9-13-5-14-16(8)9/h4-5,12H,2-3H2,1H3,(H,11,17). The summed E-state index contributed by atoms with van der Waals surface area (Å²) in [6, 6.07) is 1.65. The van der Waals surface area contributed by atoms with E-state index < -0.39 is 0 Å². The average molecular weight is 255 g/mol. The third-order valence-electron chi connectivity index (χ3n) is 2.03. The monoisotopic (exact) mass is 254 g/mol. The average Bonchev–Trinajstić information content (AvgIpc) is 2.71. The van der Waals surface area contributed by atoms with E-state index in [0.717, 1.165) is 0 Å². The van der Waals surface area contributed by atoms with Crippen molar-refractivity contribution >= 4 is 29.1 Å². The number of carbonyl (C=O) groups excluding carboxylic acids is 1. The van der Waals surface area contributed by atoms with Gasteiger partial charge in [0, 0.05) is 26.1 Å². The highest BCUT2D eigenvalue weighted by Gasteiger charge is 2.05. The number of amides is 1.